The van der Waals surface area contributed by atoms with Crippen LogP contribution in [0.25, 0.3) is 0 Å². The Kier molecular flexibility index (Phi) is 2.64. The lowest BCUT2D eigenvalue weighted by Crippen LogP contribution is -2.43. The quantitative estimate of drug-likeness (QED) is 0.590. The summed E-state index contributed by atoms with van der Waals surface area (Å²) in [6, 6.07) is 0. The number of hydrogen-bond donors (Lipinski definition) is 1. The molecule has 0 bridgehead atoms. The van der Waals surface area contributed by atoms with Gasteiger partial charge in [0, 0.05) is 0 Å². The molecule has 3 aliphatic rings. The second-order valence-corrected chi connectivity index (χ2v) is 6.70. The number of epoxide rings is 1. The summed E-state index contributed by atoms with van der Waals surface area (Å²) in [7, 11) is 0. The van der Waals surface area contributed by atoms with Crippen molar-refractivity contribution in [3.63, 3.8) is 0 Å². The highest BCUT2D eigenvalue weighted by atomic mass is 16.6. The summed E-state index contributed by atoms with van der Waals surface area (Å²) < 4.78 is 5.55. The van der Waals surface area contributed by atoms with E-state index in [1.54, 1.807) is 0 Å². The lowest BCUT2D eigenvalue weighted by molar-refractivity contribution is 0.0219. The zero-order valence-corrected chi connectivity index (χ0v) is 10.9. The van der Waals surface area contributed by atoms with Crippen molar-refractivity contribution in [3.05, 3.63) is 12.2 Å². The molecule has 0 aromatic rings. The van der Waals surface area contributed by atoms with E-state index >= 15 is 0 Å². The molecule has 96 valence electrons. The molecule has 4 atom stereocenters. The van der Waals surface area contributed by atoms with Gasteiger partial charge in [-0.3, -0.25) is 0 Å². The molecule has 0 radical (unpaired) electrons. The van der Waals surface area contributed by atoms with Gasteiger partial charge in [-0.25, -0.2) is 0 Å². The molecule has 1 heterocycles. The average Bonchev–Trinajstić information content (AvgIpc) is 3.09. The zero-order valence-electron chi connectivity index (χ0n) is 10.9. The van der Waals surface area contributed by atoms with Crippen molar-refractivity contribution in [2.45, 2.75) is 51.0 Å². The molecule has 0 aromatic heterocycles. The van der Waals surface area contributed by atoms with Crippen molar-refractivity contribution < 1.29 is 9.84 Å². The van der Waals surface area contributed by atoms with Crippen molar-refractivity contribution in [2.24, 2.45) is 17.3 Å². The first-order valence-corrected chi connectivity index (χ1v) is 7.02. The van der Waals surface area contributed by atoms with E-state index in [4.69, 9.17) is 4.74 Å². The van der Waals surface area contributed by atoms with Crippen LogP contribution in [0.2, 0.25) is 0 Å². The summed E-state index contributed by atoms with van der Waals surface area (Å²) in [5, 5.41) is 9.49. The highest BCUT2D eigenvalue weighted by Gasteiger charge is 2.55. The van der Waals surface area contributed by atoms with E-state index in [1.807, 2.05) is 0 Å². The van der Waals surface area contributed by atoms with Crippen LogP contribution in [0.5, 0.6) is 0 Å². The van der Waals surface area contributed by atoms with Crippen LogP contribution < -0.4 is 0 Å². The fourth-order valence-electron chi connectivity index (χ4n) is 4.24. The molecule has 1 N–H and O–H groups in total. The molecule has 2 aliphatic carbocycles. The minimum absolute atomic E-state index is 0.168. The lowest BCUT2D eigenvalue weighted by Gasteiger charge is -2.49. The number of aliphatic hydroxyl groups excluding tert-OH is 1. The summed E-state index contributed by atoms with van der Waals surface area (Å²) in [5.74, 6) is 1.23. The van der Waals surface area contributed by atoms with Gasteiger partial charge in [-0.15, -0.1) is 0 Å². The lowest BCUT2D eigenvalue weighted by atomic mass is 9.55. The zero-order chi connectivity index (χ0) is 12.1. The molecule has 1 saturated heterocycles. The Labute approximate surface area is 104 Å². The minimum atomic E-state index is -0.168. The summed E-state index contributed by atoms with van der Waals surface area (Å²) in [6.45, 7) is 7.72. The van der Waals surface area contributed by atoms with Crippen LogP contribution in [0.4, 0.5) is 0 Å². The van der Waals surface area contributed by atoms with Crippen LogP contribution in [0, 0.1) is 17.3 Å². The Morgan fingerprint density at radius 1 is 1.47 bits per heavy atom. The highest BCUT2D eigenvalue weighted by Crippen LogP contribution is 2.56. The molecule has 0 aromatic carbocycles. The standard InChI is InChI=1S/C15H24O2/c1-11-4-3-6-14(2)7-5-12(8-13(11)14)15(9-16)10-17-15/h12-13,16H,1,3-10H2,2H3/t12-,13?,14-,15+/m1/s1. The van der Waals surface area contributed by atoms with Gasteiger partial charge in [-0.1, -0.05) is 19.1 Å². The van der Waals surface area contributed by atoms with Crippen LogP contribution in [-0.2, 0) is 4.74 Å². The smallest absolute Gasteiger partial charge is 0.117 e. The number of hydrogen-bond acceptors (Lipinski definition) is 2. The summed E-state index contributed by atoms with van der Waals surface area (Å²) in [4.78, 5) is 0. The Morgan fingerprint density at radius 3 is 2.88 bits per heavy atom. The van der Waals surface area contributed by atoms with Gasteiger partial charge in [0.1, 0.15) is 5.60 Å². The molecule has 2 heteroatoms. The predicted octanol–water partition coefficient (Wildman–Crippen LogP) is 2.91. The van der Waals surface area contributed by atoms with Gasteiger partial charge in [0.15, 0.2) is 0 Å². The van der Waals surface area contributed by atoms with Gasteiger partial charge in [-0.05, 0) is 55.8 Å². The van der Waals surface area contributed by atoms with Crippen LogP contribution in [0.1, 0.15) is 45.4 Å². The van der Waals surface area contributed by atoms with Crippen molar-refractivity contribution in [1.29, 1.82) is 0 Å². The third-order valence-electron chi connectivity index (χ3n) is 5.69. The second-order valence-electron chi connectivity index (χ2n) is 6.70. The van der Waals surface area contributed by atoms with Crippen molar-refractivity contribution in [2.75, 3.05) is 13.2 Å². The Hall–Kier alpha value is -0.340. The van der Waals surface area contributed by atoms with E-state index in [0.29, 0.717) is 17.3 Å². The minimum Gasteiger partial charge on any atom is -0.393 e. The van der Waals surface area contributed by atoms with E-state index in [9.17, 15) is 5.11 Å². The Morgan fingerprint density at radius 2 is 2.24 bits per heavy atom. The third kappa shape index (κ3) is 1.77. The molecule has 1 unspecified atom stereocenters. The molecule has 0 amide bonds. The molecule has 2 saturated carbocycles. The van der Waals surface area contributed by atoms with E-state index in [2.05, 4.69) is 13.5 Å². The number of rotatable bonds is 2. The summed E-state index contributed by atoms with van der Waals surface area (Å²) in [6.07, 6.45) is 7.58. The average molecular weight is 236 g/mol. The van der Waals surface area contributed by atoms with Gasteiger partial charge in [0.2, 0.25) is 0 Å². The normalized spacial score (nSPS) is 49.9. The number of fused-ring (bicyclic) bond motifs is 1. The van der Waals surface area contributed by atoms with Crippen LogP contribution in [0.3, 0.4) is 0 Å². The molecule has 3 fully saturated rings. The van der Waals surface area contributed by atoms with Crippen LogP contribution >= 0.6 is 0 Å². The maximum Gasteiger partial charge on any atom is 0.117 e. The molecule has 2 nitrogen and oxygen atoms in total. The first-order chi connectivity index (χ1) is 8.10. The molecule has 0 spiro atoms. The second kappa shape index (κ2) is 3.83. The first kappa shape index (κ1) is 11.7. The van der Waals surface area contributed by atoms with E-state index < -0.39 is 0 Å². The summed E-state index contributed by atoms with van der Waals surface area (Å²) in [5.41, 5.74) is 1.77. The molecule has 3 rings (SSSR count). The Bertz CT molecular complexity index is 332. The van der Waals surface area contributed by atoms with Gasteiger partial charge in [-0.2, -0.15) is 0 Å². The fourth-order valence-corrected chi connectivity index (χ4v) is 4.24. The SMILES string of the molecule is C=C1CCC[C@]2(C)CC[C@@H]([C@]3(CO)CO3)CC12. The van der Waals surface area contributed by atoms with Gasteiger partial charge in [0.25, 0.3) is 0 Å². The maximum atomic E-state index is 9.49. The monoisotopic (exact) mass is 236 g/mol. The maximum absolute atomic E-state index is 9.49. The van der Waals surface area contributed by atoms with Gasteiger partial charge >= 0.3 is 0 Å². The molecule has 1 aliphatic heterocycles. The van der Waals surface area contributed by atoms with E-state index in [1.165, 1.54) is 44.1 Å². The number of allylic oxidation sites excluding steroid dienone is 1. The van der Waals surface area contributed by atoms with Gasteiger partial charge in [0.05, 0.1) is 13.2 Å². The van der Waals surface area contributed by atoms with Crippen molar-refractivity contribution in [1.82, 2.24) is 0 Å². The first-order valence-electron chi connectivity index (χ1n) is 7.02. The van der Waals surface area contributed by atoms with Crippen LogP contribution in [-0.4, -0.2) is 23.9 Å². The summed E-state index contributed by atoms with van der Waals surface area (Å²) >= 11 is 0. The Balaban J connectivity index is 1.77. The van der Waals surface area contributed by atoms with Crippen molar-refractivity contribution >= 4 is 0 Å². The van der Waals surface area contributed by atoms with Crippen molar-refractivity contribution in [3.8, 4) is 0 Å². The highest BCUT2D eigenvalue weighted by molar-refractivity contribution is 5.15. The molecular formula is C15H24O2. The van der Waals surface area contributed by atoms with E-state index in [-0.39, 0.29) is 12.2 Å². The topological polar surface area (TPSA) is 32.8 Å². The number of ether oxygens (including phenoxy) is 1. The number of aliphatic hydroxyl groups is 1. The fraction of sp³-hybridized carbons (Fsp3) is 0.867. The largest absolute Gasteiger partial charge is 0.393 e. The third-order valence-corrected chi connectivity index (χ3v) is 5.69. The van der Waals surface area contributed by atoms with Crippen LogP contribution in [0.15, 0.2) is 12.2 Å². The van der Waals surface area contributed by atoms with Gasteiger partial charge < -0.3 is 9.84 Å². The van der Waals surface area contributed by atoms with E-state index in [0.717, 1.165) is 6.61 Å². The molecular weight excluding hydrogens is 212 g/mol. The predicted molar refractivity (Wildman–Crippen MR) is 67.7 cm³/mol. The molecule has 17 heavy (non-hydrogen) atoms.